The molecule has 0 saturated heterocycles. The van der Waals surface area contributed by atoms with Crippen molar-refractivity contribution in [2.24, 2.45) is 0 Å². The highest BCUT2D eigenvalue weighted by Gasteiger charge is 2.21. The molecule has 3 nitrogen and oxygen atoms in total. The minimum atomic E-state index is -2.72. The van der Waals surface area contributed by atoms with E-state index in [1.165, 1.54) is 7.11 Å². The molecule has 6 heteroatoms. The van der Waals surface area contributed by atoms with E-state index in [0.717, 1.165) is 6.20 Å². The second kappa shape index (κ2) is 4.45. The molecule has 0 fully saturated rings. The van der Waals surface area contributed by atoms with Crippen molar-refractivity contribution in [1.82, 2.24) is 4.98 Å². The SMILES string of the molecule is COc1c(C=O)ncc(Br)c1C(F)F. The van der Waals surface area contributed by atoms with E-state index in [1.807, 2.05) is 0 Å². The lowest BCUT2D eigenvalue weighted by Gasteiger charge is -2.10. The zero-order valence-corrected chi connectivity index (χ0v) is 8.72. The summed E-state index contributed by atoms with van der Waals surface area (Å²) in [7, 11) is 1.21. The largest absolute Gasteiger partial charge is 0.494 e. The van der Waals surface area contributed by atoms with Gasteiger partial charge in [-0.2, -0.15) is 0 Å². The Morgan fingerprint density at radius 3 is 2.71 bits per heavy atom. The van der Waals surface area contributed by atoms with E-state index in [0.29, 0.717) is 6.29 Å². The van der Waals surface area contributed by atoms with E-state index < -0.39 is 6.43 Å². The van der Waals surface area contributed by atoms with E-state index in [1.54, 1.807) is 0 Å². The Kier molecular flexibility index (Phi) is 3.51. The Labute approximate surface area is 87.2 Å². The number of carbonyl (C=O) groups excluding carboxylic acids is 1. The van der Waals surface area contributed by atoms with Crippen LogP contribution in [0.2, 0.25) is 0 Å². The maximum Gasteiger partial charge on any atom is 0.268 e. The van der Waals surface area contributed by atoms with Crippen molar-refractivity contribution >= 4 is 22.2 Å². The van der Waals surface area contributed by atoms with Crippen LogP contribution in [-0.4, -0.2) is 18.4 Å². The summed E-state index contributed by atoms with van der Waals surface area (Å²) in [6.07, 6.45) is -1.20. The number of ether oxygens (including phenoxy) is 1. The molecular weight excluding hydrogens is 260 g/mol. The maximum absolute atomic E-state index is 12.5. The molecule has 0 saturated carbocycles. The van der Waals surface area contributed by atoms with E-state index >= 15 is 0 Å². The number of aromatic nitrogens is 1. The molecular formula is C8H6BrF2NO2. The van der Waals surface area contributed by atoms with Gasteiger partial charge in [-0.25, -0.2) is 13.8 Å². The number of alkyl halides is 2. The summed E-state index contributed by atoms with van der Waals surface area (Å²) in [4.78, 5) is 14.1. The van der Waals surface area contributed by atoms with Crippen LogP contribution in [0.5, 0.6) is 5.75 Å². The van der Waals surface area contributed by atoms with Crippen molar-refractivity contribution in [2.75, 3.05) is 7.11 Å². The highest BCUT2D eigenvalue weighted by Crippen LogP contribution is 2.35. The lowest BCUT2D eigenvalue weighted by Crippen LogP contribution is -2.01. The minimum absolute atomic E-state index is 0.120. The number of rotatable bonds is 3. The molecule has 0 aromatic carbocycles. The number of pyridine rings is 1. The fraction of sp³-hybridized carbons (Fsp3) is 0.250. The summed E-state index contributed by atoms with van der Waals surface area (Å²) in [6, 6.07) is 0. The van der Waals surface area contributed by atoms with Crippen LogP contribution in [0.1, 0.15) is 22.5 Å². The number of carbonyl (C=O) groups is 1. The van der Waals surface area contributed by atoms with Crippen molar-refractivity contribution in [1.29, 1.82) is 0 Å². The lowest BCUT2D eigenvalue weighted by atomic mass is 10.2. The fourth-order valence-corrected chi connectivity index (χ4v) is 1.46. The normalized spacial score (nSPS) is 10.4. The molecule has 0 aliphatic carbocycles. The van der Waals surface area contributed by atoms with E-state index in [2.05, 4.69) is 20.9 Å². The number of methoxy groups -OCH3 is 1. The van der Waals surface area contributed by atoms with E-state index in [-0.39, 0.29) is 21.5 Å². The maximum atomic E-state index is 12.5. The van der Waals surface area contributed by atoms with Gasteiger partial charge in [0, 0.05) is 10.7 Å². The van der Waals surface area contributed by atoms with Gasteiger partial charge in [0.15, 0.2) is 12.0 Å². The monoisotopic (exact) mass is 265 g/mol. The first-order valence-electron chi connectivity index (χ1n) is 3.57. The summed E-state index contributed by atoms with van der Waals surface area (Å²) in [5.74, 6) is -0.190. The van der Waals surface area contributed by atoms with Gasteiger partial charge in [0.1, 0.15) is 5.69 Å². The number of nitrogens with zero attached hydrogens (tertiary/aromatic N) is 1. The highest BCUT2D eigenvalue weighted by atomic mass is 79.9. The van der Waals surface area contributed by atoms with Gasteiger partial charge < -0.3 is 4.74 Å². The Bertz CT molecular complexity index is 357. The smallest absolute Gasteiger partial charge is 0.268 e. The molecule has 1 rings (SSSR count). The topological polar surface area (TPSA) is 39.2 Å². The van der Waals surface area contributed by atoms with Gasteiger partial charge in [-0.05, 0) is 15.9 Å². The molecule has 1 aromatic heterocycles. The van der Waals surface area contributed by atoms with Crippen LogP contribution in [0.3, 0.4) is 0 Å². The predicted octanol–water partition coefficient (Wildman–Crippen LogP) is 2.60. The number of hydrogen-bond acceptors (Lipinski definition) is 3. The molecule has 0 aliphatic rings. The van der Waals surface area contributed by atoms with Crippen molar-refractivity contribution in [3.63, 3.8) is 0 Å². The first kappa shape index (κ1) is 11.0. The first-order chi connectivity index (χ1) is 6.61. The summed E-state index contributed by atoms with van der Waals surface area (Å²) in [6.45, 7) is 0. The van der Waals surface area contributed by atoms with Gasteiger partial charge in [0.05, 0.1) is 12.7 Å². The lowest BCUT2D eigenvalue weighted by molar-refractivity contribution is 0.111. The predicted molar refractivity (Wildman–Crippen MR) is 48.8 cm³/mol. The molecule has 1 aromatic rings. The summed E-state index contributed by atoms with van der Waals surface area (Å²) in [5.41, 5.74) is -0.490. The molecule has 0 amide bonds. The second-order valence-corrected chi connectivity index (χ2v) is 3.21. The standard InChI is InChI=1S/C8H6BrF2NO2/c1-14-7-5(3-13)12-2-4(9)6(7)8(10)11/h2-3,8H,1H3. The van der Waals surface area contributed by atoms with Crippen molar-refractivity contribution < 1.29 is 18.3 Å². The third-order valence-electron chi connectivity index (χ3n) is 1.59. The molecule has 0 aliphatic heterocycles. The molecule has 76 valence electrons. The summed E-state index contributed by atoms with van der Waals surface area (Å²) >= 11 is 2.91. The third-order valence-corrected chi connectivity index (χ3v) is 2.22. The van der Waals surface area contributed by atoms with Crippen LogP contribution in [-0.2, 0) is 0 Å². The molecule has 14 heavy (non-hydrogen) atoms. The van der Waals surface area contributed by atoms with Gasteiger partial charge in [-0.1, -0.05) is 0 Å². The Hall–Kier alpha value is -1.04. The van der Waals surface area contributed by atoms with Gasteiger partial charge in [0.25, 0.3) is 6.43 Å². The highest BCUT2D eigenvalue weighted by molar-refractivity contribution is 9.10. The van der Waals surface area contributed by atoms with Gasteiger partial charge >= 0.3 is 0 Å². The van der Waals surface area contributed by atoms with Gasteiger partial charge in [-0.15, -0.1) is 0 Å². The quantitative estimate of drug-likeness (QED) is 0.789. The fourth-order valence-electron chi connectivity index (χ4n) is 1.00. The molecule has 0 unspecified atom stereocenters. The Morgan fingerprint density at radius 1 is 1.64 bits per heavy atom. The zero-order chi connectivity index (χ0) is 10.7. The average Bonchev–Trinajstić information content (AvgIpc) is 2.16. The zero-order valence-electron chi connectivity index (χ0n) is 7.13. The van der Waals surface area contributed by atoms with Crippen LogP contribution >= 0.6 is 15.9 Å². The van der Waals surface area contributed by atoms with Gasteiger partial charge in [-0.3, -0.25) is 4.79 Å². The molecule has 0 spiro atoms. The summed E-state index contributed by atoms with van der Waals surface area (Å²) < 4.78 is 29.9. The molecule has 0 N–H and O–H groups in total. The Morgan fingerprint density at radius 2 is 2.29 bits per heavy atom. The number of halogens is 3. The van der Waals surface area contributed by atoms with Crippen molar-refractivity contribution in [2.45, 2.75) is 6.43 Å². The first-order valence-corrected chi connectivity index (χ1v) is 4.36. The van der Waals surface area contributed by atoms with E-state index in [9.17, 15) is 13.6 Å². The van der Waals surface area contributed by atoms with E-state index in [4.69, 9.17) is 4.74 Å². The average molecular weight is 266 g/mol. The molecule has 0 bridgehead atoms. The van der Waals surface area contributed by atoms with Crippen LogP contribution in [0.4, 0.5) is 8.78 Å². The molecule has 0 radical (unpaired) electrons. The van der Waals surface area contributed by atoms with Crippen LogP contribution in [0.25, 0.3) is 0 Å². The molecule has 0 atom stereocenters. The second-order valence-electron chi connectivity index (χ2n) is 2.36. The third kappa shape index (κ3) is 1.89. The van der Waals surface area contributed by atoms with Gasteiger partial charge in [0.2, 0.25) is 0 Å². The van der Waals surface area contributed by atoms with Crippen LogP contribution in [0, 0.1) is 0 Å². The van der Waals surface area contributed by atoms with Crippen LogP contribution < -0.4 is 4.74 Å². The molecule has 1 heterocycles. The summed E-state index contributed by atoms with van der Waals surface area (Å²) in [5, 5.41) is 0. The number of aldehydes is 1. The van der Waals surface area contributed by atoms with Crippen LogP contribution in [0.15, 0.2) is 10.7 Å². The van der Waals surface area contributed by atoms with Crippen molar-refractivity contribution in [3.05, 3.63) is 21.9 Å². The minimum Gasteiger partial charge on any atom is -0.494 e. The Balaban J connectivity index is 3.42. The van der Waals surface area contributed by atoms with Crippen molar-refractivity contribution in [3.8, 4) is 5.75 Å². The number of hydrogen-bond donors (Lipinski definition) is 0.